The lowest BCUT2D eigenvalue weighted by molar-refractivity contribution is 0.0921. The van der Waals surface area contributed by atoms with E-state index in [-0.39, 0.29) is 12.4 Å². The fourth-order valence-corrected chi connectivity index (χ4v) is 2.64. The predicted molar refractivity (Wildman–Crippen MR) is 109 cm³/mol. The Morgan fingerprint density at radius 2 is 1.63 bits per heavy atom. The van der Waals surface area contributed by atoms with Gasteiger partial charge in [-0.2, -0.15) is 0 Å². The molecule has 27 heavy (non-hydrogen) atoms. The van der Waals surface area contributed by atoms with Crippen molar-refractivity contribution in [2.24, 2.45) is 0 Å². The average Bonchev–Trinajstić information content (AvgIpc) is 2.72. The van der Waals surface area contributed by atoms with Gasteiger partial charge < -0.3 is 9.47 Å². The van der Waals surface area contributed by atoms with Crippen molar-refractivity contribution in [2.45, 2.75) is 0 Å². The van der Waals surface area contributed by atoms with Gasteiger partial charge in [0.2, 0.25) is 0 Å². The van der Waals surface area contributed by atoms with Gasteiger partial charge in [0, 0.05) is 15.6 Å². The first-order valence-corrected chi connectivity index (χ1v) is 9.11. The summed E-state index contributed by atoms with van der Waals surface area (Å²) in [6.07, 6.45) is 0. The number of carbonyl (C=O) groups excluding carboxylic acids is 1. The zero-order chi connectivity index (χ0) is 19.1. The number of para-hydroxylation sites is 1. The van der Waals surface area contributed by atoms with Crippen molar-refractivity contribution in [3.05, 3.63) is 94.0 Å². The number of ether oxygens (including phenoxy) is 2. The molecule has 0 atom stereocenters. The third-order valence-electron chi connectivity index (χ3n) is 3.84. The van der Waals surface area contributed by atoms with Gasteiger partial charge in [-0.15, -0.1) is 0 Å². The van der Waals surface area contributed by atoms with Crippen molar-refractivity contribution >= 4 is 21.7 Å². The molecule has 0 heterocycles. The fourth-order valence-electron chi connectivity index (χ4n) is 2.37. The molecule has 0 bridgehead atoms. The third-order valence-corrected chi connectivity index (χ3v) is 4.37. The molecule has 0 unspecified atom stereocenters. The summed E-state index contributed by atoms with van der Waals surface area (Å²) in [6, 6.07) is 22.2. The van der Waals surface area contributed by atoms with Crippen molar-refractivity contribution in [1.82, 2.24) is 0 Å². The lowest BCUT2D eigenvalue weighted by atomic mass is 10.1. The van der Waals surface area contributed by atoms with Gasteiger partial charge in [-0.3, -0.25) is 4.79 Å². The molecular weight excluding hydrogens is 404 g/mol. The Morgan fingerprint density at radius 1 is 0.926 bits per heavy atom. The molecule has 0 aliphatic carbocycles. The Morgan fingerprint density at radius 3 is 2.33 bits per heavy atom. The molecule has 0 fully saturated rings. The summed E-state index contributed by atoms with van der Waals surface area (Å²) >= 11 is 3.36. The van der Waals surface area contributed by atoms with Gasteiger partial charge in [-0.25, -0.2) is 0 Å². The Kier molecular flexibility index (Phi) is 6.30. The highest BCUT2D eigenvalue weighted by Crippen LogP contribution is 2.18. The van der Waals surface area contributed by atoms with E-state index in [1.807, 2.05) is 60.7 Å². The lowest BCUT2D eigenvalue weighted by Gasteiger charge is -2.07. The zero-order valence-electron chi connectivity index (χ0n) is 14.7. The Hall–Kier alpha value is -3.03. The smallest absolute Gasteiger partial charge is 0.200 e. The quantitative estimate of drug-likeness (QED) is 0.424. The third kappa shape index (κ3) is 5.22. The highest BCUT2D eigenvalue weighted by atomic mass is 79.9. The number of ketones is 1. The summed E-state index contributed by atoms with van der Waals surface area (Å²) in [5, 5.41) is 0. The molecule has 0 N–H and O–H groups in total. The van der Waals surface area contributed by atoms with Crippen molar-refractivity contribution in [3.63, 3.8) is 0 Å². The van der Waals surface area contributed by atoms with Crippen LogP contribution in [0.25, 0.3) is 0 Å². The number of hydrogen-bond acceptors (Lipinski definition) is 3. The number of hydrogen-bond donors (Lipinski definition) is 0. The Bertz CT molecular complexity index is 981. The van der Waals surface area contributed by atoms with E-state index >= 15 is 0 Å². The van der Waals surface area contributed by atoms with Crippen LogP contribution in [0.3, 0.4) is 0 Å². The number of Topliss-reactive ketones (excluding diaryl/α,β-unsaturated/α-hetero) is 1. The minimum Gasteiger partial charge on any atom is -0.497 e. The van der Waals surface area contributed by atoms with Crippen LogP contribution in [0.15, 0.2) is 77.3 Å². The van der Waals surface area contributed by atoms with Crippen molar-refractivity contribution in [2.75, 3.05) is 13.7 Å². The van der Waals surface area contributed by atoms with Crippen LogP contribution in [0, 0.1) is 11.8 Å². The second-order valence-corrected chi connectivity index (χ2v) is 6.61. The molecule has 3 aromatic carbocycles. The van der Waals surface area contributed by atoms with E-state index in [1.165, 1.54) is 0 Å². The number of carbonyl (C=O) groups is 1. The van der Waals surface area contributed by atoms with Crippen LogP contribution < -0.4 is 9.47 Å². The molecule has 0 saturated carbocycles. The van der Waals surface area contributed by atoms with Crippen molar-refractivity contribution < 1.29 is 14.3 Å². The second kappa shape index (κ2) is 9.07. The summed E-state index contributed by atoms with van der Waals surface area (Å²) in [6.45, 7) is -0.0388. The van der Waals surface area contributed by atoms with E-state index in [1.54, 1.807) is 19.2 Å². The molecule has 0 aliphatic heterocycles. The number of rotatable bonds is 5. The van der Waals surface area contributed by atoms with E-state index < -0.39 is 0 Å². The van der Waals surface area contributed by atoms with E-state index in [0.717, 1.165) is 21.3 Å². The average molecular weight is 421 g/mol. The van der Waals surface area contributed by atoms with E-state index in [2.05, 4.69) is 27.8 Å². The van der Waals surface area contributed by atoms with Crippen LogP contribution in [0.1, 0.15) is 21.5 Å². The first kappa shape index (κ1) is 18.8. The predicted octanol–water partition coefficient (Wildman–Crippen LogP) is 5.12. The number of methoxy groups -OCH3 is 1. The highest BCUT2D eigenvalue weighted by Gasteiger charge is 2.08. The maximum absolute atomic E-state index is 12.3. The van der Waals surface area contributed by atoms with Gasteiger partial charge in [0.1, 0.15) is 11.5 Å². The SMILES string of the molecule is COc1ccc(C#Cc2ccccc2OCC(=O)c2ccc(Br)cc2)cc1. The molecule has 3 rings (SSSR count). The highest BCUT2D eigenvalue weighted by molar-refractivity contribution is 9.10. The Labute approximate surface area is 167 Å². The fraction of sp³-hybridized carbons (Fsp3) is 0.0870. The Balaban J connectivity index is 1.71. The molecule has 4 heteroatoms. The summed E-state index contributed by atoms with van der Waals surface area (Å²) < 4.78 is 11.8. The molecule has 3 nitrogen and oxygen atoms in total. The van der Waals surface area contributed by atoms with Crippen LogP contribution in [-0.4, -0.2) is 19.5 Å². The summed E-state index contributed by atoms with van der Waals surface area (Å²) in [5.74, 6) is 7.50. The van der Waals surface area contributed by atoms with Gasteiger partial charge in [-0.1, -0.05) is 52.0 Å². The normalized spacial score (nSPS) is 9.85. The molecule has 0 amide bonds. The molecular formula is C23H17BrO3. The minimum atomic E-state index is -0.0829. The van der Waals surface area contributed by atoms with E-state index in [9.17, 15) is 4.79 Å². The van der Waals surface area contributed by atoms with Crippen LogP contribution >= 0.6 is 15.9 Å². The van der Waals surface area contributed by atoms with Crippen LogP contribution in [0.2, 0.25) is 0 Å². The standard InChI is InChI=1S/C23H17BrO3/c1-26-21-14-7-17(8-15-21)6-9-19-4-2-3-5-23(19)27-16-22(25)18-10-12-20(24)13-11-18/h2-5,7-8,10-15H,16H2,1H3. The number of halogens is 1. The maximum atomic E-state index is 12.3. The first-order valence-electron chi connectivity index (χ1n) is 8.32. The monoisotopic (exact) mass is 420 g/mol. The van der Waals surface area contributed by atoms with Gasteiger partial charge in [0.05, 0.1) is 12.7 Å². The van der Waals surface area contributed by atoms with Crippen LogP contribution in [0.5, 0.6) is 11.5 Å². The summed E-state index contributed by atoms with van der Waals surface area (Å²) in [7, 11) is 1.63. The molecule has 0 aromatic heterocycles. The molecule has 0 spiro atoms. The van der Waals surface area contributed by atoms with Gasteiger partial charge in [-0.05, 0) is 48.5 Å². The summed E-state index contributed by atoms with van der Waals surface area (Å²) in [5.41, 5.74) is 2.22. The van der Waals surface area contributed by atoms with E-state index in [4.69, 9.17) is 9.47 Å². The summed E-state index contributed by atoms with van der Waals surface area (Å²) in [4.78, 5) is 12.3. The zero-order valence-corrected chi connectivity index (χ0v) is 16.3. The maximum Gasteiger partial charge on any atom is 0.200 e. The van der Waals surface area contributed by atoms with Crippen LogP contribution in [0.4, 0.5) is 0 Å². The molecule has 0 saturated heterocycles. The van der Waals surface area contributed by atoms with Gasteiger partial charge >= 0.3 is 0 Å². The molecule has 0 aliphatic rings. The van der Waals surface area contributed by atoms with Crippen LogP contribution in [-0.2, 0) is 0 Å². The topological polar surface area (TPSA) is 35.5 Å². The molecule has 134 valence electrons. The number of benzene rings is 3. The second-order valence-electron chi connectivity index (χ2n) is 5.69. The van der Waals surface area contributed by atoms with Gasteiger partial charge in [0.25, 0.3) is 0 Å². The van der Waals surface area contributed by atoms with E-state index in [0.29, 0.717) is 11.3 Å². The van der Waals surface area contributed by atoms with Crippen molar-refractivity contribution in [1.29, 1.82) is 0 Å². The first-order chi connectivity index (χ1) is 13.2. The minimum absolute atomic E-state index is 0.0388. The van der Waals surface area contributed by atoms with Gasteiger partial charge in [0.15, 0.2) is 12.4 Å². The molecule has 3 aromatic rings. The van der Waals surface area contributed by atoms with Crippen molar-refractivity contribution in [3.8, 4) is 23.3 Å². The molecule has 0 radical (unpaired) electrons. The largest absolute Gasteiger partial charge is 0.497 e. The lowest BCUT2D eigenvalue weighted by Crippen LogP contribution is -2.12.